The maximum absolute atomic E-state index is 5.71. The average Bonchev–Trinajstić information content (AvgIpc) is 1.89. The van der Waals surface area contributed by atoms with Gasteiger partial charge in [0.15, 0.2) is 0 Å². The highest BCUT2D eigenvalue weighted by atomic mass is 32.3. The number of hydrogen-bond acceptors (Lipinski definition) is 2. The van der Waals surface area contributed by atoms with Crippen molar-refractivity contribution in [3.63, 3.8) is 0 Å². The van der Waals surface area contributed by atoms with Gasteiger partial charge in [-0.05, 0) is 26.4 Å². The molecule has 0 bridgehead atoms. The normalized spacial score (nSPS) is 15.9. The number of hydrogen-bond donors (Lipinski definition) is 1. The largest absolute Gasteiger partial charge is 0.314 e. The van der Waals surface area contributed by atoms with Crippen LogP contribution in [0.4, 0.5) is 0 Å². The molecule has 0 rings (SSSR count). The Morgan fingerprint density at radius 2 is 1.27 bits per heavy atom. The van der Waals surface area contributed by atoms with Crippen molar-refractivity contribution in [1.29, 1.82) is 0 Å². The summed E-state index contributed by atoms with van der Waals surface area (Å²) >= 11 is 0. The number of thiol groups is 1. The van der Waals surface area contributed by atoms with E-state index in [0.29, 0.717) is 0 Å². The van der Waals surface area contributed by atoms with Crippen LogP contribution in [0.15, 0.2) is 0 Å². The van der Waals surface area contributed by atoms with Gasteiger partial charge in [0.25, 0.3) is 0 Å². The van der Waals surface area contributed by atoms with Crippen LogP contribution in [0.2, 0.25) is 0 Å². The van der Waals surface area contributed by atoms with Crippen LogP contribution in [0.5, 0.6) is 0 Å². The summed E-state index contributed by atoms with van der Waals surface area (Å²) in [6, 6.07) is 0. The van der Waals surface area contributed by atoms with Crippen molar-refractivity contribution in [2.75, 3.05) is 31.5 Å². The monoisotopic (exact) mass is 182 g/mol. The molecule has 3 heteroatoms. The zero-order chi connectivity index (χ0) is 8.98. The van der Waals surface area contributed by atoms with Gasteiger partial charge in [-0.25, -0.2) is 0 Å². The fourth-order valence-electron chi connectivity index (χ4n) is 1.02. The molecule has 11 heavy (non-hydrogen) atoms. The Morgan fingerprint density at radius 3 is 1.45 bits per heavy atom. The second-order valence-electron chi connectivity index (χ2n) is 3.29. The highest BCUT2D eigenvalue weighted by Crippen LogP contribution is 2.64. The van der Waals surface area contributed by atoms with E-state index in [2.05, 4.69) is 19.4 Å². The van der Waals surface area contributed by atoms with Crippen molar-refractivity contribution >= 4 is 9.72 Å². The van der Waals surface area contributed by atoms with Crippen LogP contribution in [-0.2, 0) is 8.37 Å². The summed E-state index contributed by atoms with van der Waals surface area (Å²) in [6.45, 7) is 7.66. The van der Waals surface area contributed by atoms with Crippen LogP contribution >= 0.6 is 9.72 Å². The predicted octanol–water partition coefficient (Wildman–Crippen LogP) is 2.24. The molecule has 2 nitrogen and oxygen atoms in total. The van der Waals surface area contributed by atoms with Gasteiger partial charge in [0.2, 0.25) is 0 Å². The van der Waals surface area contributed by atoms with Crippen molar-refractivity contribution in [2.24, 2.45) is 0 Å². The fourth-order valence-corrected chi connectivity index (χ4v) is 3.07. The highest BCUT2D eigenvalue weighted by Gasteiger charge is 2.21. The first-order valence-electron chi connectivity index (χ1n) is 4.27. The maximum Gasteiger partial charge on any atom is 0.0649 e. The lowest BCUT2D eigenvalue weighted by atomic mass is 10.9. The van der Waals surface area contributed by atoms with Crippen LogP contribution in [0.1, 0.15) is 20.8 Å². The molecule has 72 valence electrons. The molecule has 0 saturated carbocycles. The van der Waals surface area contributed by atoms with Crippen molar-refractivity contribution in [2.45, 2.75) is 20.8 Å². The molecule has 0 aromatic rings. The lowest BCUT2D eigenvalue weighted by Gasteiger charge is -2.60. The van der Waals surface area contributed by atoms with Crippen LogP contribution in [-0.4, -0.2) is 31.5 Å². The SMILES string of the molecule is CCO[SH](C)(C)(CC)OCC. The van der Waals surface area contributed by atoms with E-state index in [1.807, 2.05) is 13.8 Å². The van der Waals surface area contributed by atoms with Crippen molar-refractivity contribution in [3.05, 3.63) is 0 Å². The molecule has 0 amide bonds. The van der Waals surface area contributed by atoms with E-state index in [-0.39, 0.29) is 0 Å². The van der Waals surface area contributed by atoms with Crippen molar-refractivity contribution < 1.29 is 8.37 Å². The molecule has 0 aromatic heterocycles. The third kappa shape index (κ3) is 3.45. The van der Waals surface area contributed by atoms with E-state index in [1.165, 1.54) is 0 Å². The van der Waals surface area contributed by atoms with Gasteiger partial charge in [0.05, 0.1) is 13.2 Å². The molecule has 0 aromatic carbocycles. The summed E-state index contributed by atoms with van der Waals surface area (Å²) < 4.78 is 11.4. The fraction of sp³-hybridized carbons (Fsp3) is 1.00. The minimum atomic E-state index is -2.19. The smallest absolute Gasteiger partial charge is 0.0649 e. The second-order valence-corrected chi connectivity index (χ2v) is 8.73. The first-order chi connectivity index (χ1) is 4.96. The molecule has 0 unspecified atom stereocenters. The standard InChI is InChI=1S/C8H22O2S/c1-6-9-11(4,5,8-3)10-7-2/h11H,6-8H2,1-5H3. The third-order valence-electron chi connectivity index (χ3n) is 1.95. The summed E-state index contributed by atoms with van der Waals surface area (Å²) in [5.74, 6) is 0.993. The molecule has 0 N–H and O–H groups in total. The quantitative estimate of drug-likeness (QED) is 0.657. The maximum atomic E-state index is 5.71. The van der Waals surface area contributed by atoms with Crippen LogP contribution in [0.3, 0.4) is 0 Å². The summed E-state index contributed by atoms with van der Waals surface area (Å²) in [4.78, 5) is 0. The minimum Gasteiger partial charge on any atom is -0.314 e. The molecule has 0 fully saturated rings. The molecule has 0 aliphatic carbocycles. The van der Waals surface area contributed by atoms with E-state index in [0.717, 1.165) is 19.0 Å². The molecule has 0 aliphatic heterocycles. The van der Waals surface area contributed by atoms with Crippen molar-refractivity contribution in [1.82, 2.24) is 0 Å². The Bertz CT molecular complexity index is 113. The lowest BCUT2D eigenvalue weighted by Crippen LogP contribution is -2.24. The molecule has 0 heterocycles. The van der Waals surface area contributed by atoms with Gasteiger partial charge in [-0.3, -0.25) is 0 Å². The average molecular weight is 182 g/mol. The first kappa shape index (κ1) is 11.3. The van der Waals surface area contributed by atoms with Crippen molar-refractivity contribution in [3.8, 4) is 0 Å². The highest BCUT2D eigenvalue weighted by molar-refractivity contribution is 8.41. The number of rotatable bonds is 5. The zero-order valence-corrected chi connectivity index (χ0v) is 9.28. The van der Waals surface area contributed by atoms with Gasteiger partial charge in [0.1, 0.15) is 0 Å². The second kappa shape index (κ2) is 3.78. The molecule has 0 spiro atoms. The van der Waals surface area contributed by atoms with Gasteiger partial charge < -0.3 is 18.1 Å². The summed E-state index contributed by atoms with van der Waals surface area (Å²) in [7, 11) is -2.19. The predicted molar refractivity (Wildman–Crippen MR) is 54.6 cm³/mol. The molecule has 0 aliphatic rings. The van der Waals surface area contributed by atoms with Gasteiger partial charge in [-0.2, -0.15) is 0 Å². The summed E-state index contributed by atoms with van der Waals surface area (Å²) in [6.07, 6.45) is 4.25. The molecule has 0 radical (unpaired) electrons. The van der Waals surface area contributed by atoms with E-state index < -0.39 is 9.72 Å². The summed E-state index contributed by atoms with van der Waals surface area (Å²) in [5.41, 5.74) is 0. The van der Waals surface area contributed by atoms with Crippen LogP contribution in [0.25, 0.3) is 0 Å². The third-order valence-corrected chi connectivity index (χ3v) is 5.86. The Labute approximate surface area is 71.0 Å². The minimum absolute atomic E-state index is 0.749. The molecular weight excluding hydrogens is 160 g/mol. The first-order valence-corrected chi connectivity index (χ1v) is 7.43. The van der Waals surface area contributed by atoms with Gasteiger partial charge in [-0.1, -0.05) is 6.92 Å². The topological polar surface area (TPSA) is 18.5 Å². The summed E-state index contributed by atoms with van der Waals surface area (Å²) in [5, 5.41) is 0. The van der Waals surface area contributed by atoms with Gasteiger partial charge in [-0.15, -0.1) is 0 Å². The zero-order valence-electron chi connectivity index (χ0n) is 8.39. The van der Waals surface area contributed by atoms with E-state index in [9.17, 15) is 0 Å². The Balaban J connectivity index is 4.23. The van der Waals surface area contributed by atoms with E-state index in [4.69, 9.17) is 8.37 Å². The van der Waals surface area contributed by atoms with Gasteiger partial charge in [0, 0.05) is 5.75 Å². The molecule has 0 saturated heterocycles. The van der Waals surface area contributed by atoms with Crippen LogP contribution in [0, 0.1) is 0 Å². The van der Waals surface area contributed by atoms with E-state index in [1.54, 1.807) is 0 Å². The van der Waals surface area contributed by atoms with Gasteiger partial charge >= 0.3 is 0 Å². The lowest BCUT2D eigenvalue weighted by molar-refractivity contribution is 0.265. The Kier molecular flexibility index (Phi) is 3.88. The molecule has 0 atom stereocenters. The Hall–Kier alpha value is 0.270. The molecular formula is C8H22O2S. The van der Waals surface area contributed by atoms with E-state index >= 15 is 0 Å². The van der Waals surface area contributed by atoms with Crippen LogP contribution < -0.4 is 0 Å². The Morgan fingerprint density at radius 1 is 0.909 bits per heavy atom.